The van der Waals surface area contributed by atoms with Crippen LogP contribution in [-0.4, -0.2) is 30.8 Å². The zero-order valence-corrected chi connectivity index (χ0v) is 9.11. The number of hydrogen-bond acceptors (Lipinski definition) is 3. The van der Waals surface area contributed by atoms with Crippen molar-refractivity contribution in [3.8, 4) is 0 Å². The molecule has 0 bridgehead atoms. The summed E-state index contributed by atoms with van der Waals surface area (Å²) in [5.41, 5.74) is 2.57. The summed E-state index contributed by atoms with van der Waals surface area (Å²) in [6, 6.07) is 8.39. The van der Waals surface area contributed by atoms with Crippen LogP contribution in [0.1, 0.15) is 12.5 Å². The zero-order chi connectivity index (χ0) is 10.7. The van der Waals surface area contributed by atoms with E-state index >= 15 is 0 Å². The number of β-amino-alcohol motifs (C(OH)–C–C–N with tert-alkyl or cyclic N) is 1. The largest absolute Gasteiger partial charge is 0.392 e. The van der Waals surface area contributed by atoms with E-state index in [-0.39, 0.29) is 6.10 Å². The summed E-state index contributed by atoms with van der Waals surface area (Å²) in [6.07, 6.45) is -0.281. The Hall–Kier alpha value is -1.06. The SMILES string of the molecule is CC(O)CN1CCNCc2ccccc21. The van der Waals surface area contributed by atoms with Gasteiger partial charge >= 0.3 is 0 Å². The number of benzene rings is 1. The van der Waals surface area contributed by atoms with E-state index in [4.69, 9.17) is 0 Å². The summed E-state index contributed by atoms with van der Waals surface area (Å²) in [7, 11) is 0. The van der Waals surface area contributed by atoms with Gasteiger partial charge in [-0.2, -0.15) is 0 Å². The van der Waals surface area contributed by atoms with E-state index in [0.717, 1.165) is 19.6 Å². The van der Waals surface area contributed by atoms with E-state index in [9.17, 15) is 5.11 Å². The molecule has 0 amide bonds. The van der Waals surface area contributed by atoms with Crippen LogP contribution in [0.3, 0.4) is 0 Å². The number of hydrogen-bond donors (Lipinski definition) is 2. The monoisotopic (exact) mass is 206 g/mol. The molecule has 3 nitrogen and oxygen atoms in total. The number of aliphatic hydroxyl groups excluding tert-OH is 1. The third kappa shape index (κ3) is 2.49. The quantitative estimate of drug-likeness (QED) is 0.757. The lowest BCUT2D eigenvalue weighted by atomic mass is 10.1. The molecule has 15 heavy (non-hydrogen) atoms. The second-order valence-electron chi connectivity index (χ2n) is 4.10. The molecule has 0 aromatic heterocycles. The Balaban J connectivity index is 2.24. The van der Waals surface area contributed by atoms with Crippen LogP contribution in [0.15, 0.2) is 24.3 Å². The topological polar surface area (TPSA) is 35.5 Å². The van der Waals surface area contributed by atoms with E-state index in [1.54, 1.807) is 0 Å². The maximum atomic E-state index is 9.46. The van der Waals surface area contributed by atoms with Crippen LogP contribution < -0.4 is 10.2 Å². The molecule has 0 fully saturated rings. The molecule has 1 aliphatic heterocycles. The van der Waals surface area contributed by atoms with Gasteiger partial charge in [0.2, 0.25) is 0 Å². The maximum Gasteiger partial charge on any atom is 0.0687 e. The summed E-state index contributed by atoms with van der Waals surface area (Å²) in [4.78, 5) is 2.25. The first kappa shape index (κ1) is 10.5. The summed E-state index contributed by atoms with van der Waals surface area (Å²) in [6.45, 7) is 5.40. The molecule has 1 aromatic carbocycles. The van der Waals surface area contributed by atoms with Gasteiger partial charge in [-0.05, 0) is 18.6 Å². The lowest BCUT2D eigenvalue weighted by Crippen LogP contribution is -2.34. The molecule has 82 valence electrons. The van der Waals surface area contributed by atoms with Crippen molar-refractivity contribution in [3.05, 3.63) is 29.8 Å². The molecule has 1 aliphatic rings. The van der Waals surface area contributed by atoms with Gasteiger partial charge in [-0.15, -0.1) is 0 Å². The van der Waals surface area contributed by atoms with Crippen LogP contribution in [-0.2, 0) is 6.54 Å². The Morgan fingerprint density at radius 3 is 3.07 bits per heavy atom. The van der Waals surface area contributed by atoms with Crippen molar-refractivity contribution in [2.75, 3.05) is 24.5 Å². The molecule has 1 heterocycles. The van der Waals surface area contributed by atoms with E-state index < -0.39 is 0 Å². The minimum atomic E-state index is -0.281. The third-order valence-corrected chi connectivity index (χ3v) is 2.69. The fourth-order valence-corrected chi connectivity index (χ4v) is 2.03. The van der Waals surface area contributed by atoms with Gasteiger partial charge in [0.1, 0.15) is 0 Å². The Bertz CT molecular complexity index is 325. The van der Waals surface area contributed by atoms with Crippen LogP contribution in [0.5, 0.6) is 0 Å². The first-order valence-corrected chi connectivity index (χ1v) is 5.49. The summed E-state index contributed by atoms with van der Waals surface area (Å²) in [5.74, 6) is 0. The first-order chi connectivity index (χ1) is 7.27. The highest BCUT2D eigenvalue weighted by Crippen LogP contribution is 2.21. The maximum absolute atomic E-state index is 9.46. The van der Waals surface area contributed by atoms with E-state index in [2.05, 4.69) is 34.5 Å². The van der Waals surface area contributed by atoms with Gasteiger partial charge < -0.3 is 15.3 Å². The molecule has 1 unspecified atom stereocenters. The van der Waals surface area contributed by atoms with Crippen molar-refractivity contribution < 1.29 is 5.11 Å². The van der Waals surface area contributed by atoms with E-state index in [0.29, 0.717) is 6.54 Å². The number of para-hydroxylation sites is 1. The molecule has 0 radical (unpaired) electrons. The molecule has 1 atom stereocenters. The average molecular weight is 206 g/mol. The van der Waals surface area contributed by atoms with Gasteiger partial charge in [0, 0.05) is 31.9 Å². The fourth-order valence-electron chi connectivity index (χ4n) is 2.03. The van der Waals surface area contributed by atoms with Crippen LogP contribution in [0, 0.1) is 0 Å². The number of anilines is 1. The van der Waals surface area contributed by atoms with Crippen molar-refractivity contribution in [1.29, 1.82) is 0 Å². The normalized spacial score (nSPS) is 18.1. The molecule has 0 saturated heterocycles. The predicted molar refractivity (Wildman–Crippen MR) is 62.0 cm³/mol. The smallest absolute Gasteiger partial charge is 0.0687 e. The molecule has 2 rings (SSSR count). The predicted octanol–water partition coefficient (Wildman–Crippen LogP) is 0.977. The average Bonchev–Trinajstić information content (AvgIpc) is 2.41. The highest BCUT2D eigenvalue weighted by Gasteiger charge is 2.15. The Labute approximate surface area is 90.7 Å². The van der Waals surface area contributed by atoms with Crippen LogP contribution >= 0.6 is 0 Å². The van der Waals surface area contributed by atoms with Crippen molar-refractivity contribution in [2.24, 2.45) is 0 Å². The molecule has 0 saturated carbocycles. The Kier molecular flexibility index (Phi) is 3.23. The Morgan fingerprint density at radius 1 is 1.47 bits per heavy atom. The second kappa shape index (κ2) is 4.64. The summed E-state index contributed by atoms with van der Waals surface area (Å²) < 4.78 is 0. The van der Waals surface area contributed by atoms with Gasteiger partial charge in [-0.3, -0.25) is 0 Å². The Morgan fingerprint density at radius 2 is 2.27 bits per heavy atom. The van der Waals surface area contributed by atoms with E-state index in [1.165, 1.54) is 11.3 Å². The molecular formula is C12H18N2O. The third-order valence-electron chi connectivity index (χ3n) is 2.69. The molecule has 3 heteroatoms. The lowest BCUT2D eigenvalue weighted by molar-refractivity contribution is 0.200. The van der Waals surface area contributed by atoms with Crippen molar-refractivity contribution in [3.63, 3.8) is 0 Å². The molecular weight excluding hydrogens is 188 g/mol. The van der Waals surface area contributed by atoms with Gasteiger partial charge in [0.15, 0.2) is 0 Å². The number of nitrogens with one attached hydrogen (secondary N) is 1. The van der Waals surface area contributed by atoms with Gasteiger partial charge in [0.05, 0.1) is 6.10 Å². The van der Waals surface area contributed by atoms with Gasteiger partial charge in [-0.25, -0.2) is 0 Å². The number of rotatable bonds is 2. The van der Waals surface area contributed by atoms with Gasteiger partial charge in [-0.1, -0.05) is 18.2 Å². The molecule has 2 N–H and O–H groups in total. The molecule has 0 spiro atoms. The number of aliphatic hydroxyl groups is 1. The summed E-state index contributed by atoms with van der Waals surface area (Å²) in [5, 5.41) is 12.8. The lowest BCUT2D eigenvalue weighted by Gasteiger charge is -2.25. The molecule has 1 aromatic rings. The van der Waals surface area contributed by atoms with E-state index in [1.807, 2.05) is 6.92 Å². The van der Waals surface area contributed by atoms with Gasteiger partial charge in [0.25, 0.3) is 0 Å². The van der Waals surface area contributed by atoms with Crippen LogP contribution in [0.2, 0.25) is 0 Å². The second-order valence-corrected chi connectivity index (χ2v) is 4.10. The van der Waals surface area contributed by atoms with Crippen molar-refractivity contribution in [2.45, 2.75) is 19.6 Å². The standard InChI is InChI=1S/C12H18N2O/c1-10(15)9-14-7-6-13-8-11-4-2-3-5-12(11)14/h2-5,10,13,15H,6-9H2,1H3. The zero-order valence-electron chi connectivity index (χ0n) is 9.11. The van der Waals surface area contributed by atoms with Crippen molar-refractivity contribution >= 4 is 5.69 Å². The minimum absolute atomic E-state index is 0.281. The fraction of sp³-hybridized carbons (Fsp3) is 0.500. The highest BCUT2D eigenvalue weighted by molar-refractivity contribution is 5.54. The first-order valence-electron chi connectivity index (χ1n) is 5.49. The van der Waals surface area contributed by atoms with Crippen LogP contribution in [0.25, 0.3) is 0 Å². The van der Waals surface area contributed by atoms with Crippen LogP contribution in [0.4, 0.5) is 5.69 Å². The highest BCUT2D eigenvalue weighted by atomic mass is 16.3. The summed E-state index contributed by atoms with van der Waals surface area (Å²) >= 11 is 0. The minimum Gasteiger partial charge on any atom is -0.392 e. The number of fused-ring (bicyclic) bond motifs is 1. The van der Waals surface area contributed by atoms with Crippen molar-refractivity contribution in [1.82, 2.24) is 5.32 Å². The molecule has 0 aliphatic carbocycles. The number of nitrogens with zero attached hydrogens (tertiary/aromatic N) is 1.